The quantitative estimate of drug-likeness (QED) is 0.883. The van der Waals surface area contributed by atoms with Crippen LogP contribution in [0.1, 0.15) is 29.2 Å². The molecule has 1 unspecified atom stereocenters. The fourth-order valence-electron chi connectivity index (χ4n) is 2.90. The molecule has 3 rings (SSSR count). The number of aryl methyl sites for hydroxylation is 1. The smallest absolute Gasteiger partial charge is 0.228 e. The molecule has 1 amide bonds. The van der Waals surface area contributed by atoms with Gasteiger partial charge in [-0.3, -0.25) is 4.79 Å². The standard InChI is InChI=1S/C18H20N2O/c1-19-16(9-7-13-5-3-2-4-6-13)14-8-10-17-15(11-14)12-18(21)20-17/h2-6,8,10-11,16,19H,7,9,12H2,1H3,(H,20,21). The predicted octanol–water partition coefficient (Wildman–Crippen LogP) is 3.07. The predicted molar refractivity (Wildman–Crippen MR) is 85.3 cm³/mol. The minimum absolute atomic E-state index is 0.0902. The fraction of sp³-hybridized carbons (Fsp3) is 0.278. The van der Waals surface area contributed by atoms with Crippen molar-refractivity contribution < 1.29 is 4.79 Å². The molecule has 0 aliphatic carbocycles. The number of anilines is 1. The Morgan fingerprint density at radius 3 is 2.76 bits per heavy atom. The van der Waals surface area contributed by atoms with E-state index in [4.69, 9.17) is 0 Å². The Balaban J connectivity index is 1.72. The van der Waals surface area contributed by atoms with Gasteiger partial charge in [0.15, 0.2) is 0 Å². The van der Waals surface area contributed by atoms with Gasteiger partial charge in [0.25, 0.3) is 0 Å². The Bertz CT molecular complexity index is 637. The molecule has 0 bridgehead atoms. The molecule has 1 aliphatic heterocycles. The molecular formula is C18H20N2O. The molecule has 2 aromatic rings. The molecule has 3 heteroatoms. The van der Waals surface area contributed by atoms with Gasteiger partial charge in [-0.15, -0.1) is 0 Å². The molecule has 1 atom stereocenters. The molecule has 21 heavy (non-hydrogen) atoms. The van der Waals surface area contributed by atoms with Crippen molar-refractivity contribution in [2.24, 2.45) is 0 Å². The fourth-order valence-corrected chi connectivity index (χ4v) is 2.90. The van der Waals surface area contributed by atoms with E-state index < -0.39 is 0 Å². The molecule has 0 spiro atoms. The van der Waals surface area contributed by atoms with Gasteiger partial charge < -0.3 is 10.6 Å². The van der Waals surface area contributed by atoms with Crippen LogP contribution in [-0.4, -0.2) is 13.0 Å². The van der Waals surface area contributed by atoms with Gasteiger partial charge in [-0.1, -0.05) is 42.5 Å². The van der Waals surface area contributed by atoms with Gasteiger partial charge in [0, 0.05) is 11.7 Å². The first-order valence-electron chi connectivity index (χ1n) is 7.40. The Morgan fingerprint density at radius 1 is 1.19 bits per heavy atom. The second-order valence-corrected chi connectivity index (χ2v) is 5.51. The van der Waals surface area contributed by atoms with Crippen molar-refractivity contribution in [3.05, 3.63) is 65.2 Å². The van der Waals surface area contributed by atoms with Crippen molar-refractivity contribution in [1.82, 2.24) is 5.32 Å². The van der Waals surface area contributed by atoms with Crippen LogP contribution in [0.25, 0.3) is 0 Å². The first-order valence-corrected chi connectivity index (χ1v) is 7.40. The van der Waals surface area contributed by atoms with Crippen LogP contribution in [0.15, 0.2) is 48.5 Å². The largest absolute Gasteiger partial charge is 0.326 e. The van der Waals surface area contributed by atoms with E-state index in [1.807, 2.05) is 19.2 Å². The Morgan fingerprint density at radius 2 is 2.00 bits per heavy atom. The van der Waals surface area contributed by atoms with Gasteiger partial charge in [0.05, 0.1) is 6.42 Å². The normalized spacial score (nSPS) is 14.6. The molecule has 0 aromatic heterocycles. The first kappa shape index (κ1) is 13.8. The summed E-state index contributed by atoms with van der Waals surface area (Å²) in [6.45, 7) is 0. The van der Waals surface area contributed by atoms with Gasteiger partial charge in [-0.2, -0.15) is 0 Å². The average molecular weight is 280 g/mol. The maximum absolute atomic E-state index is 11.4. The van der Waals surface area contributed by atoms with E-state index in [0.717, 1.165) is 24.1 Å². The lowest BCUT2D eigenvalue weighted by Gasteiger charge is -2.17. The van der Waals surface area contributed by atoms with Crippen molar-refractivity contribution in [3.63, 3.8) is 0 Å². The summed E-state index contributed by atoms with van der Waals surface area (Å²) in [5.41, 5.74) is 4.68. The average Bonchev–Trinajstić information content (AvgIpc) is 2.88. The molecule has 1 aliphatic rings. The third-order valence-corrected chi connectivity index (χ3v) is 4.07. The third-order valence-electron chi connectivity index (χ3n) is 4.07. The zero-order chi connectivity index (χ0) is 14.7. The minimum Gasteiger partial charge on any atom is -0.326 e. The molecule has 2 N–H and O–H groups in total. The molecule has 3 nitrogen and oxygen atoms in total. The maximum Gasteiger partial charge on any atom is 0.228 e. The van der Waals surface area contributed by atoms with Gasteiger partial charge >= 0.3 is 0 Å². The zero-order valence-electron chi connectivity index (χ0n) is 12.2. The number of fused-ring (bicyclic) bond motifs is 1. The van der Waals surface area contributed by atoms with Crippen molar-refractivity contribution in [1.29, 1.82) is 0 Å². The lowest BCUT2D eigenvalue weighted by atomic mass is 9.97. The highest BCUT2D eigenvalue weighted by atomic mass is 16.1. The summed E-state index contributed by atoms with van der Waals surface area (Å²) in [6.07, 6.45) is 2.58. The lowest BCUT2D eigenvalue weighted by molar-refractivity contribution is -0.115. The summed E-state index contributed by atoms with van der Waals surface area (Å²) in [6, 6.07) is 17.1. The van der Waals surface area contributed by atoms with Gasteiger partial charge in [0.1, 0.15) is 0 Å². The van der Waals surface area contributed by atoms with Crippen molar-refractivity contribution in [2.45, 2.75) is 25.3 Å². The Hall–Kier alpha value is -2.13. The highest BCUT2D eigenvalue weighted by Gasteiger charge is 2.19. The molecule has 1 heterocycles. The van der Waals surface area contributed by atoms with Crippen molar-refractivity contribution >= 4 is 11.6 Å². The molecule has 108 valence electrons. The monoisotopic (exact) mass is 280 g/mol. The Kier molecular flexibility index (Phi) is 4.02. The molecule has 2 aromatic carbocycles. The summed E-state index contributed by atoms with van der Waals surface area (Å²) in [7, 11) is 1.99. The van der Waals surface area contributed by atoms with E-state index in [1.54, 1.807) is 0 Å². The SMILES string of the molecule is CNC(CCc1ccccc1)c1ccc2c(c1)CC(=O)N2. The molecule has 0 saturated carbocycles. The maximum atomic E-state index is 11.4. The second kappa shape index (κ2) is 6.10. The third kappa shape index (κ3) is 3.14. The number of hydrogen-bond donors (Lipinski definition) is 2. The van der Waals surface area contributed by atoms with E-state index in [-0.39, 0.29) is 5.91 Å². The summed E-state index contributed by atoms with van der Waals surface area (Å²) >= 11 is 0. The van der Waals surface area contributed by atoms with Gasteiger partial charge in [0.2, 0.25) is 5.91 Å². The molecule has 0 saturated heterocycles. The minimum atomic E-state index is 0.0902. The van der Waals surface area contributed by atoms with Crippen LogP contribution in [0.2, 0.25) is 0 Å². The molecule has 0 radical (unpaired) electrons. The first-order chi connectivity index (χ1) is 10.3. The van der Waals surface area contributed by atoms with Crippen molar-refractivity contribution in [3.8, 4) is 0 Å². The number of carbonyl (C=O) groups is 1. The molecular weight excluding hydrogens is 260 g/mol. The highest BCUT2D eigenvalue weighted by molar-refractivity contribution is 5.99. The zero-order valence-corrected chi connectivity index (χ0v) is 12.2. The summed E-state index contributed by atoms with van der Waals surface area (Å²) in [4.78, 5) is 11.4. The lowest BCUT2D eigenvalue weighted by Crippen LogP contribution is -2.17. The number of carbonyl (C=O) groups excluding carboxylic acids is 1. The number of benzene rings is 2. The second-order valence-electron chi connectivity index (χ2n) is 5.51. The van der Waals surface area contributed by atoms with Gasteiger partial charge in [-0.25, -0.2) is 0 Å². The summed E-state index contributed by atoms with van der Waals surface area (Å²) in [5, 5.41) is 6.27. The van der Waals surface area contributed by atoms with Crippen LogP contribution in [0, 0.1) is 0 Å². The van der Waals surface area contributed by atoms with Crippen LogP contribution in [0.3, 0.4) is 0 Å². The number of nitrogens with one attached hydrogen (secondary N) is 2. The highest BCUT2D eigenvalue weighted by Crippen LogP contribution is 2.28. The van der Waals surface area contributed by atoms with E-state index in [9.17, 15) is 4.79 Å². The van der Waals surface area contributed by atoms with Crippen LogP contribution in [0.4, 0.5) is 5.69 Å². The Labute approximate surface area is 125 Å². The summed E-state index contributed by atoms with van der Waals surface area (Å²) in [5.74, 6) is 0.0902. The number of amides is 1. The van der Waals surface area contributed by atoms with Crippen LogP contribution < -0.4 is 10.6 Å². The van der Waals surface area contributed by atoms with Crippen LogP contribution >= 0.6 is 0 Å². The topological polar surface area (TPSA) is 41.1 Å². The number of rotatable bonds is 5. The van der Waals surface area contributed by atoms with Crippen LogP contribution in [-0.2, 0) is 17.6 Å². The summed E-state index contributed by atoms with van der Waals surface area (Å²) < 4.78 is 0. The van der Waals surface area contributed by atoms with E-state index in [2.05, 4.69) is 47.0 Å². The van der Waals surface area contributed by atoms with Crippen molar-refractivity contribution in [2.75, 3.05) is 12.4 Å². The van der Waals surface area contributed by atoms with E-state index >= 15 is 0 Å². The number of hydrogen-bond acceptors (Lipinski definition) is 2. The van der Waals surface area contributed by atoms with E-state index in [0.29, 0.717) is 12.5 Å². The van der Waals surface area contributed by atoms with Crippen LogP contribution in [0.5, 0.6) is 0 Å². The molecule has 0 fully saturated rings. The van der Waals surface area contributed by atoms with Gasteiger partial charge in [-0.05, 0) is 42.6 Å². The van der Waals surface area contributed by atoms with E-state index in [1.165, 1.54) is 11.1 Å².